The Kier molecular flexibility index (Phi) is 3.06. The first kappa shape index (κ1) is 11.9. The molecule has 0 saturated carbocycles. The third-order valence-corrected chi connectivity index (χ3v) is 3.35. The molecule has 0 aliphatic carbocycles. The van der Waals surface area contributed by atoms with E-state index in [1.54, 1.807) is 12.1 Å². The maximum Gasteiger partial charge on any atom is 0.308 e. The van der Waals surface area contributed by atoms with Crippen LogP contribution in [0, 0.1) is 5.92 Å². The minimum atomic E-state index is -0.960. The largest absolute Gasteiger partial charge is 0.507 e. The Hall–Kier alpha value is -1.56. The summed E-state index contributed by atoms with van der Waals surface area (Å²) in [5.74, 6) is -1.75. The number of phenolic OH excluding ortho intramolecular Hbond substituents is 1. The van der Waals surface area contributed by atoms with Crippen molar-refractivity contribution in [2.24, 2.45) is 5.92 Å². The number of nitrogens with zero attached hydrogens (tertiary/aromatic N) is 1. The number of carboxylic acids is 1. The Morgan fingerprint density at radius 3 is 2.71 bits per heavy atom. The molecule has 90 valence electrons. The highest BCUT2D eigenvalue weighted by molar-refractivity contribution is 9.10. The molecule has 1 aliphatic rings. The molecule has 6 heteroatoms. The maximum absolute atomic E-state index is 11.7. The van der Waals surface area contributed by atoms with E-state index in [1.165, 1.54) is 11.0 Å². The standard InChI is InChI=1S/C11H10BrNO4/c12-8-4-7(1-2-9(8)14)13-5-6(11(16)17)3-10(13)15/h1-2,4,6,14H,3,5H2,(H,16,17). The Bertz CT molecular complexity index is 488. The summed E-state index contributed by atoms with van der Waals surface area (Å²) in [7, 11) is 0. The van der Waals surface area contributed by atoms with Gasteiger partial charge in [0.2, 0.25) is 5.91 Å². The average molecular weight is 300 g/mol. The molecule has 1 fully saturated rings. The number of amides is 1. The van der Waals surface area contributed by atoms with E-state index >= 15 is 0 Å². The van der Waals surface area contributed by atoms with Gasteiger partial charge < -0.3 is 15.1 Å². The molecule has 5 nitrogen and oxygen atoms in total. The van der Waals surface area contributed by atoms with Gasteiger partial charge in [0.05, 0.1) is 10.4 Å². The van der Waals surface area contributed by atoms with E-state index in [2.05, 4.69) is 15.9 Å². The molecule has 0 bridgehead atoms. The van der Waals surface area contributed by atoms with Gasteiger partial charge in [-0.3, -0.25) is 9.59 Å². The Morgan fingerprint density at radius 1 is 1.47 bits per heavy atom. The number of hydrogen-bond donors (Lipinski definition) is 2. The predicted molar refractivity (Wildman–Crippen MR) is 63.9 cm³/mol. The van der Waals surface area contributed by atoms with Crippen molar-refractivity contribution in [3.8, 4) is 5.75 Å². The number of carboxylic acid groups (broad SMARTS) is 1. The van der Waals surface area contributed by atoms with Crippen LogP contribution in [0.4, 0.5) is 5.69 Å². The van der Waals surface area contributed by atoms with Crippen molar-refractivity contribution < 1.29 is 19.8 Å². The number of phenols is 1. The van der Waals surface area contributed by atoms with Crippen LogP contribution in [-0.2, 0) is 9.59 Å². The molecule has 1 atom stereocenters. The van der Waals surface area contributed by atoms with E-state index in [0.29, 0.717) is 10.2 Å². The number of halogens is 1. The molecule has 1 saturated heterocycles. The van der Waals surface area contributed by atoms with Crippen molar-refractivity contribution in [1.82, 2.24) is 0 Å². The van der Waals surface area contributed by atoms with E-state index in [9.17, 15) is 14.7 Å². The summed E-state index contributed by atoms with van der Waals surface area (Å²) in [6, 6.07) is 4.64. The van der Waals surface area contributed by atoms with Crippen molar-refractivity contribution in [2.75, 3.05) is 11.4 Å². The van der Waals surface area contributed by atoms with Crippen molar-refractivity contribution in [2.45, 2.75) is 6.42 Å². The molecule has 17 heavy (non-hydrogen) atoms. The monoisotopic (exact) mass is 299 g/mol. The quantitative estimate of drug-likeness (QED) is 0.869. The van der Waals surface area contributed by atoms with Crippen molar-refractivity contribution in [1.29, 1.82) is 0 Å². The molecular formula is C11H10BrNO4. The number of benzene rings is 1. The van der Waals surface area contributed by atoms with Gasteiger partial charge in [0.25, 0.3) is 0 Å². The first-order valence-corrected chi connectivity index (χ1v) is 5.80. The fourth-order valence-corrected chi connectivity index (χ4v) is 2.15. The van der Waals surface area contributed by atoms with Gasteiger partial charge in [0, 0.05) is 18.7 Å². The zero-order valence-corrected chi connectivity index (χ0v) is 10.3. The SMILES string of the molecule is O=C(O)C1CC(=O)N(c2ccc(O)c(Br)c2)C1. The van der Waals surface area contributed by atoms with Gasteiger partial charge in [-0.25, -0.2) is 0 Å². The Morgan fingerprint density at radius 2 is 2.18 bits per heavy atom. The lowest BCUT2D eigenvalue weighted by atomic mass is 10.1. The van der Waals surface area contributed by atoms with E-state index in [0.717, 1.165) is 0 Å². The van der Waals surface area contributed by atoms with Crippen molar-refractivity contribution in [3.63, 3.8) is 0 Å². The number of aromatic hydroxyl groups is 1. The summed E-state index contributed by atoms with van der Waals surface area (Å²) in [6.45, 7) is 0.172. The lowest BCUT2D eigenvalue weighted by Gasteiger charge is -2.16. The first-order chi connectivity index (χ1) is 7.99. The lowest BCUT2D eigenvalue weighted by molar-refractivity contribution is -0.141. The summed E-state index contributed by atoms with van der Waals surface area (Å²) in [5, 5.41) is 18.2. The second kappa shape index (κ2) is 4.37. The second-order valence-electron chi connectivity index (χ2n) is 3.88. The van der Waals surface area contributed by atoms with Crippen molar-refractivity contribution in [3.05, 3.63) is 22.7 Å². The highest BCUT2D eigenvalue weighted by Gasteiger charge is 2.35. The third kappa shape index (κ3) is 2.26. The van der Waals surface area contributed by atoms with Crippen LogP contribution in [0.1, 0.15) is 6.42 Å². The molecule has 2 rings (SSSR count). The summed E-state index contributed by atoms with van der Waals surface area (Å²) in [4.78, 5) is 23.9. The fourth-order valence-electron chi connectivity index (χ4n) is 1.79. The molecule has 1 aliphatic heterocycles. The maximum atomic E-state index is 11.7. The molecule has 0 aromatic heterocycles. The van der Waals surface area contributed by atoms with Gasteiger partial charge in [-0.05, 0) is 34.1 Å². The number of hydrogen-bond acceptors (Lipinski definition) is 3. The Balaban J connectivity index is 2.26. The summed E-state index contributed by atoms with van der Waals surface area (Å²) in [6.07, 6.45) is 0.0217. The first-order valence-electron chi connectivity index (χ1n) is 5.00. The normalized spacial score (nSPS) is 19.7. The zero-order chi connectivity index (χ0) is 12.6. The minimum Gasteiger partial charge on any atom is -0.507 e. The molecule has 1 unspecified atom stereocenters. The van der Waals surface area contributed by atoms with Gasteiger partial charge in [-0.1, -0.05) is 0 Å². The highest BCUT2D eigenvalue weighted by atomic mass is 79.9. The molecule has 2 N–H and O–H groups in total. The average Bonchev–Trinajstić information content (AvgIpc) is 2.65. The number of carbonyl (C=O) groups excluding carboxylic acids is 1. The van der Waals surface area contributed by atoms with Crippen LogP contribution in [0.5, 0.6) is 5.75 Å². The number of anilines is 1. The predicted octanol–water partition coefficient (Wildman–Crippen LogP) is 1.59. The Labute approximate surface area is 106 Å². The van der Waals surface area contributed by atoms with Crippen LogP contribution in [0.2, 0.25) is 0 Å². The molecule has 1 aromatic carbocycles. The molecule has 1 aromatic rings. The van der Waals surface area contributed by atoms with Crippen LogP contribution in [0.15, 0.2) is 22.7 Å². The van der Waals surface area contributed by atoms with Gasteiger partial charge in [-0.2, -0.15) is 0 Å². The molecule has 1 heterocycles. The van der Waals surface area contributed by atoms with Crippen LogP contribution < -0.4 is 4.90 Å². The van der Waals surface area contributed by atoms with E-state index in [4.69, 9.17) is 5.11 Å². The molecular weight excluding hydrogens is 290 g/mol. The minimum absolute atomic E-state index is 0.0217. The third-order valence-electron chi connectivity index (χ3n) is 2.72. The van der Waals surface area contributed by atoms with Gasteiger partial charge in [0.1, 0.15) is 5.75 Å². The summed E-state index contributed by atoms with van der Waals surface area (Å²) < 4.78 is 0.474. The van der Waals surface area contributed by atoms with E-state index in [-0.39, 0.29) is 24.6 Å². The summed E-state index contributed by atoms with van der Waals surface area (Å²) in [5.41, 5.74) is 0.587. The van der Waals surface area contributed by atoms with Crippen LogP contribution in [0.3, 0.4) is 0 Å². The van der Waals surface area contributed by atoms with Crippen molar-refractivity contribution >= 4 is 33.5 Å². The van der Waals surface area contributed by atoms with Gasteiger partial charge >= 0.3 is 5.97 Å². The smallest absolute Gasteiger partial charge is 0.308 e. The number of rotatable bonds is 2. The van der Waals surface area contributed by atoms with E-state index < -0.39 is 11.9 Å². The lowest BCUT2D eigenvalue weighted by Crippen LogP contribution is -2.25. The highest BCUT2D eigenvalue weighted by Crippen LogP contribution is 2.31. The topological polar surface area (TPSA) is 77.8 Å². The molecule has 0 spiro atoms. The fraction of sp³-hybridized carbons (Fsp3) is 0.273. The molecule has 1 amide bonds. The second-order valence-corrected chi connectivity index (χ2v) is 4.73. The number of aliphatic carboxylic acids is 1. The molecule has 0 radical (unpaired) electrons. The van der Waals surface area contributed by atoms with E-state index in [1.807, 2.05) is 0 Å². The summed E-state index contributed by atoms with van der Waals surface area (Å²) >= 11 is 3.15. The number of carbonyl (C=O) groups is 2. The zero-order valence-electron chi connectivity index (χ0n) is 8.76. The van der Waals surface area contributed by atoms with Gasteiger partial charge in [-0.15, -0.1) is 0 Å². The van der Waals surface area contributed by atoms with Crippen LogP contribution >= 0.6 is 15.9 Å². The van der Waals surface area contributed by atoms with Gasteiger partial charge in [0.15, 0.2) is 0 Å². The van der Waals surface area contributed by atoms with Crippen LogP contribution in [0.25, 0.3) is 0 Å². The van der Waals surface area contributed by atoms with Crippen LogP contribution in [-0.4, -0.2) is 28.6 Å².